The highest BCUT2D eigenvalue weighted by atomic mass is 16.6. The molecule has 1 aliphatic carbocycles. The van der Waals surface area contributed by atoms with Gasteiger partial charge in [-0.25, -0.2) is 19.0 Å². The fourth-order valence-corrected chi connectivity index (χ4v) is 4.82. The maximum Gasteiger partial charge on any atom is 0.407 e. The largest absolute Gasteiger partial charge is 0.460 e. The number of rotatable bonds is 12. The van der Waals surface area contributed by atoms with Crippen molar-refractivity contribution >= 4 is 30.4 Å². The van der Waals surface area contributed by atoms with Crippen LogP contribution in [0.1, 0.15) is 49.3 Å². The van der Waals surface area contributed by atoms with Crippen LogP contribution < -0.4 is 5.32 Å². The molecule has 37 heavy (non-hydrogen) atoms. The summed E-state index contributed by atoms with van der Waals surface area (Å²) in [4.78, 5) is 35.5. The molecule has 2 rings (SSSR count). The number of amides is 1. The molecule has 1 aromatic carbocycles. The first-order chi connectivity index (χ1) is 17.5. The summed E-state index contributed by atoms with van der Waals surface area (Å²) in [5.74, 6) is -0.500. The van der Waals surface area contributed by atoms with Crippen molar-refractivity contribution in [3.05, 3.63) is 54.1 Å². The molecule has 1 aromatic rings. The van der Waals surface area contributed by atoms with Crippen molar-refractivity contribution in [2.75, 3.05) is 26.4 Å². The second kappa shape index (κ2) is 13.8. The molecule has 0 bridgehead atoms. The molecule has 0 aliphatic heterocycles. The van der Waals surface area contributed by atoms with E-state index in [-0.39, 0.29) is 25.7 Å². The number of carbonyl (C=O) groups excluding carboxylic acids is 3. The minimum atomic E-state index is -1.17. The summed E-state index contributed by atoms with van der Waals surface area (Å²) in [6.07, 6.45) is 5.37. The molecule has 1 saturated carbocycles. The third kappa shape index (κ3) is 9.52. The van der Waals surface area contributed by atoms with Crippen LogP contribution in [0.2, 0.25) is 0 Å². The predicted octanol–water partition coefficient (Wildman–Crippen LogP) is 4.71. The number of nitrogens with zero attached hydrogens (tertiary/aromatic N) is 1. The highest BCUT2D eigenvalue weighted by Gasteiger charge is 2.32. The van der Waals surface area contributed by atoms with Crippen LogP contribution in [0, 0.1) is 32.6 Å². The Hall–Kier alpha value is -3.42. The van der Waals surface area contributed by atoms with E-state index in [2.05, 4.69) is 62.7 Å². The van der Waals surface area contributed by atoms with Crippen LogP contribution in [-0.2, 0) is 23.8 Å². The minimum absolute atomic E-state index is 0.218. The number of carbonyl (C=O) groups is 3. The molecule has 1 amide bonds. The fourth-order valence-electron chi connectivity index (χ4n) is 4.82. The Labute approximate surface area is 220 Å². The zero-order chi connectivity index (χ0) is 27.6. The highest BCUT2D eigenvalue weighted by molar-refractivity contribution is 5.82. The summed E-state index contributed by atoms with van der Waals surface area (Å²) >= 11 is 0. The van der Waals surface area contributed by atoms with Crippen molar-refractivity contribution in [3.8, 4) is 0 Å². The second-order valence-corrected chi connectivity index (χ2v) is 10.3. The van der Waals surface area contributed by atoms with Crippen LogP contribution in [0.4, 0.5) is 10.5 Å². The number of nitrogens with one attached hydrogen (secondary N) is 1. The SMILES string of the molecule is C=CC(=O)OCC(C)(COC(=O)C=C)NC(=O)OCC1CCC(C[N+](=C)c2c(C)cc(C)cc2C)CC1. The zero-order valence-corrected chi connectivity index (χ0v) is 22.6. The van der Waals surface area contributed by atoms with Gasteiger partial charge in [-0.3, -0.25) is 0 Å². The Morgan fingerprint density at radius 2 is 1.43 bits per heavy atom. The molecule has 202 valence electrons. The molecule has 1 N–H and O–H groups in total. The summed E-state index contributed by atoms with van der Waals surface area (Å²) in [6, 6.07) is 4.38. The smallest absolute Gasteiger partial charge is 0.407 e. The van der Waals surface area contributed by atoms with E-state index in [0.717, 1.165) is 44.4 Å². The van der Waals surface area contributed by atoms with E-state index in [9.17, 15) is 14.4 Å². The molecule has 1 fully saturated rings. The van der Waals surface area contributed by atoms with Crippen LogP contribution in [0.3, 0.4) is 0 Å². The van der Waals surface area contributed by atoms with Crippen molar-refractivity contribution in [3.63, 3.8) is 0 Å². The van der Waals surface area contributed by atoms with Crippen molar-refractivity contribution in [2.45, 2.75) is 58.9 Å². The summed E-state index contributed by atoms with van der Waals surface area (Å²) < 4.78 is 17.7. The third-order valence-corrected chi connectivity index (χ3v) is 6.65. The van der Waals surface area contributed by atoms with Crippen LogP contribution in [0.5, 0.6) is 0 Å². The summed E-state index contributed by atoms with van der Waals surface area (Å²) in [5.41, 5.74) is 3.77. The molecule has 8 nitrogen and oxygen atoms in total. The summed E-state index contributed by atoms with van der Waals surface area (Å²) in [6.45, 7) is 19.7. The predicted molar refractivity (Wildman–Crippen MR) is 143 cm³/mol. The van der Waals surface area contributed by atoms with Gasteiger partial charge in [0, 0.05) is 29.2 Å². The fraction of sp³-hybridized carbons (Fsp3) is 0.517. The average molecular weight is 514 g/mol. The molecular formula is C29H41N2O6+. The Bertz CT molecular complexity index is 976. The van der Waals surface area contributed by atoms with Gasteiger partial charge in [-0.05, 0) is 71.4 Å². The lowest BCUT2D eigenvalue weighted by Crippen LogP contribution is -2.53. The standard InChI is InChI=1S/C29H40N2O6/c1-8-25(32)36-18-29(6,19-37-26(33)9-2)30-28(34)35-17-24-12-10-23(11-13-24)16-31(7)27-21(4)14-20(3)15-22(27)5/h8-9,14-15,23-24H,1-2,7,10-13,16-19H2,3-6H3/p+1. The summed E-state index contributed by atoms with van der Waals surface area (Å²) in [7, 11) is 0. The Morgan fingerprint density at radius 3 is 1.92 bits per heavy atom. The molecule has 0 spiro atoms. The maximum absolute atomic E-state index is 12.5. The Morgan fingerprint density at radius 1 is 0.946 bits per heavy atom. The van der Waals surface area contributed by atoms with Gasteiger partial charge in [0.15, 0.2) is 6.54 Å². The van der Waals surface area contributed by atoms with E-state index in [4.69, 9.17) is 14.2 Å². The Kier molecular flexibility index (Phi) is 11.1. The van der Waals surface area contributed by atoms with Crippen molar-refractivity contribution in [1.82, 2.24) is 5.32 Å². The van der Waals surface area contributed by atoms with Gasteiger partial charge in [-0.1, -0.05) is 18.7 Å². The van der Waals surface area contributed by atoms with Crippen LogP contribution in [0.15, 0.2) is 37.4 Å². The lowest BCUT2D eigenvalue weighted by atomic mass is 9.82. The molecule has 0 saturated heterocycles. The van der Waals surface area contributed by atoms with Crippen LogP contribution in [-0.4, -0.2) is 61.2 Å². The van der Waals surface area contributed by atoms with Gasteiger partial charge in [0.1, 0.15) is 25.5 Å². The van der Waals surface area contributed by atoms with E-state index in [0.29, 0.717) is 5.92 Å². The number of ether oxygens (including phenoxy) is 3. The molecule has 0 unspecified atom stereocenters. The quantitative estimate of drug-likeness (QED) is 0.143. The summed E-state index contributed by atoms with van der Waals surface area (Å²) in [5, 5.41) is 2.66. The lowest BCUT2D eigenvalue weighted by molar-refractivity contribution is -0.442. The second-order valence-electron chi connectivity index (χ2n) is 10.3. The van der Waals surface area contributed by atoms with E-state index in [1.165, 1.54) is 22.4 Å². The topological polar surface area (TPSA) is 93.9 Å². The van der Waals surface area contributed by atoms with Crippen molar-refractivity contribution in [1.29, 1.82) is 0 Å². The van der Waals surface area contributed by atoms with E-state index >= 15 is 0 Å². The molecule has 0 aromatic heterocycles. The number of hydrogen-bond acceptors (Lipinski definition) is 6. The van der Waals surface area contributed by atoms with Crippen molar-refractivity contribution in [2.24, 2.45) is 11.8 Å². The number of benzene rings is 1. The van der Waals surface area contributed by atoms with Gasteiger partial charge < -0.3 is 19.5 Å². The van der Waals surface area contributed by atoms with Gasteiger partial charge >= 0.3 is 18.0 Å². The van der Waals surface area contributed by atoms with E-state index in [1.807, 2.05) is 0 Å². The highest BCUT2D eigenvalue weighted by Crippen LogP contribution is 2.32. The first-order valence-electron chi connectivity index (χ1n) is 12.7. The first kappa shape index (κ1) is 29.8. The molecule has 0 heterocycles. The van der Waals surface area contributed by atoms with Gasteiger partial charge in [0.25, 0.3) is 0 Å². The van der Waals surface area contributed by atoms with E-state index in [1.54, 1.807) is 6.92 Å². The molecule has 1 aliphatic rings. The molecule has 8 heteroatoms. The zero-order valence-electron chi connectivity index (χ0n) is 22.6. The lowest BCUT2D eigenvalue weighted by Gasteiger charge is -2.30. The number of esters is 2. The number of aryl methyl sites for hydroxylation is 3. The first-order valence-corrected chi connectivity index (χ1v) is 12.7. The molecule has 0 atom stereocenters. The molecular weight excluding hydrogens is 472 g/mol. The van der Waals surface area contributed by atoms with Crippen molar-refractivity contribution < 1.29 is 33.2 Å². The van der Waals surface area contributed by atoms with Gasteiger partial charge in [0.05, 0.1) is 6.61 Å². The monoisotopic (exact) mass is 513 g/mol. The van der Waals surface area contributed by atoms with Crippen LogP contribution >= 0.6 is 0 Å². The Balaban J connectivity index is 1.83. The normalized spacial score (nSPS) is 17.3. The van der Waals surface area contributed by atoms with Gasteiger partial charge in [-0.15, -0.1) is 0 Å². The third-order valence-electron chi connectivity index (χ3n) is 6.65. The van der Waals surface area contributed by atoms with Gasteiger partial charge in [-0.2, -0.15) is 0 Å². The number of alkyl carbamates (subject to hydrolysis) is 1. The minimum Gasteiger partial charge on any atom is -0.460 e. The maximum atomic E-state index is 12.5. The molecule has 0 radical (unpaired) electrons. The van der Waals surface area contributed by atoms with Crippen LogP contribution in [0.25, 0.3) is 0 Å². The number of hydrogen-bond donors (Lipinski definition) is 1. The van der Waals surface area contributed by atoms with E-state index < -0.39 is 23.6 Å². The van der Waals surface area contributed by atoms with Gasteiger partial charge in [0.2, 0.25) is 5.69 Å². The average Bonchev–Trinajstić information content (AvgIpc) is 2.84.